The fourth-order valence-corrected chi connectivity index (χ4v) is 1.43. The maximum Gasteiger partial charge on any atom is 0.207 e. The van der Waals surface area contributed by atoms with E-state index in [9.17, 15) is 4.39 Å². The van der Waals surface area contributed by atoms with E-state index in [0.717, 1.165) is 0 Å². The van der Waals surface area contributed by atoms with Crippen LogP contribution in [0.4, 0.5) is 16.0 Å². The smallest absolute Gasteiger partial charge is 0.207 e. The molecule has 78 valence electrons. The maximum absolute atomic E-state index is 13.4. The minimum atomic E-state index is -0.398. The standard InChI is InChI=1S/C10H9ClFN3/c1-15-6-5-13-10(15)14-9-7(11)3-2-4-8(9)12/h2-6H,1H3,(H,13,14). The van der Waals surface area contributed by atoms with Gasteiger partial charge >= 0.3 is 0 Å². The summed E-state index contributed by atoms with van der Waals surface area (Å²) in [5, 5.41) is 3.17. The molecule has 0 unspecified atom stereocenters. The molecule has 0 saturated heterocycles. The predicted octanol–water partition coefficient (Wildman–Crippen LogP) is 2.96. The average molecular weight is 226 g/mol. The number of hydrogen-bond donors (Lipinski definition) is 1. The summed E-state index contributed by atoms with van der Waals surface area (Å²) in [5.74, 6) is 0.146. The van der Waals surface area contributed by atoms with Gasteiger partial charge in [0.2, 0.25) is 5.95 Å². The van der Waals surface area contributed by atoms with Crippen molar-refractivity contribution in [3.63, 3.8) is 0 Å². The van der Waals surface area contributed by atoms with Gasteiger partial charge in [-0.15, -0.1) is 0 Å². The van der Waals surface area contributed by atoms with E-state index < -0.39 is 5.82 Å². The molecule has 0 radical (unpaired) electrons. The largest absolute Gasteiger partial charge is 0.322 e. The Morgan fingerprint density at radius 2 is 2.27 bits per heavy atom. The Kier molecular flexibility index (Phi) is 2.60. The number of para-hydroxylation sites is 1. The second-order valence-corrected chi connectivity index (χ2v) is 3.49. The van der Waals surface area contributed by atoms with Crippen LogP contribution in [0.15, 0.2) is 30.6 Å². The molecule has 1 heterocycles. The van der Waals surface area contributed by atoms with Gasteiger partial charge in [0.1, 0.15) is 5.82 Å². The van der Waals surface area contributed by atoms with E-state index in [1.54, 1.807) is 29.1 Å². The number of nitrogens with one attached hydrogen (secondary N) is 1. The van der Waals surface area contributed by atoms with Crippen molar-refractivity contribution >= 4 is 23.2 Å². The van der Waals surface area contributed by atoms with E-state index >= 15 is 0 Å². The first-order valence-electron chi connectivity index (χ1n) is 4.37. The molecule has 0 aliphatic heterocycles. The van der Waals surface area contributed by atoms with E-state index in [4.69, 9.17) is 11.6 Å². The van der Waals surface area contributed by atoms with Gasteiger partial charge in [0.25, 0.3) is 0 Å². The van der Waals surface area contributed by atoms with Gasteiger partial charge < -0.3 is 9.88 Å². The maximum atomic E-state index is 13.4. The molecule has 2 rings (SSSR count). The molecule has 0 aliphatic carbocycles. The number of imidazole rings is 1. The summed E-state index contributed by atoms with van der Waals surface area (Å²) in [4.78, 5) is 4.02. The Bertz CT molecular complexity index is 461. The third kappa shape index (κ3) is 1.94. The van der Waals surface area contributed by atoms with Crippen molar-refractivity contribution in [2.75, 3.05) is 5.32 Å². The molecule has 0 aliphatic rings. The SMILES string of the molecule is Cn1ccnc1Nc1c(F)cccc1Cl. The number of halogens is 2. The Labute approximate surface area is 91.5 Å². The monoisotopic (exact) mass is 225 g/mol. The lowest BCUT2D eigenvalue weighted by Gasteiger charge is -2.08. The first-order valence-corrected chi connectivity index (χ1v) is 4.74. The highest BCUT2D eigenvalue weighted by Gasteiger charge is 2.08. The lowest BCUT2D eigenvalue weighted by molar-refractivity contribution is 0.631. The molecule has 15 heavy (non-hydrogen) atoms. The van der Waals surface area contributed by atoms with Crippen LogP contribution in [0.5, 0.6) is 0 Å². The number of aryl methyl sites for hydroxylation is 1. The number of anilines is 2. The minimum absolute atomic E-state index is 0.244. The summed E-state index contributed by atoms with van der Waals surface area (Å²) < 4.78 is 15.1. The van der Waals surface area contributed by atoms with Crippen molar-refractivity contribution in [3.05, 3.63) is 41.4 Å². The summed E-state index contributed by atoms with van der Waals surface area (Å²) in [5.41, 5.74) is 0.244. The molecule has 1 aromatic heterocycles. The van der Waals surface area contributed by atoms with Gasteiger partial charge in [0, 0.05) is 19.4 Å². The van der Waals surface area contributed by atoms with Crippen molar-refractivity contribution in [3.8, 4) is 0 Å². The second-order valence-electron chi connectivity index (χ2n) is 3.08. The Hall–Kier alpha value is -1.55. The summed E-state index contributed by atoms with van der Waals surface area (Å²) >= 11 is 5.86. The van der Waals surface area contributed by atoms with Crippen molar-refractivity contribution in [1.82, 2.24) is 9.55 Å². The molecule has 0 atom stereocenters. The molecule has 0 bridgehead atoms. The van der Waals surface area contributed by atoms with E-state index in [2.05, 4.69) is 10.3 Å². The van der Waals surface area contributed by atoms with Crippen molar-refractivity contribution < 1.29 is 4.39 Å². The van der Waals surface area contributed by atoms with E-state index in [1.165, 1.54) is 6.07 Å². The molecule has 2 aromatic rings. The predicted molar refractivity (Wildman–Crippen MR) is 57.9 cm³/mol. The van der Waals surface area contributed by atoms with Crippen molar-refractivity contribution in [2.24, 2.45) is 7.05 Å². The van der Waals surface area contributed by atoms with E-state index in [1.807, 2.05) is 7.05 Å². The Balaban J connectivity index is 2.36. The van der Waals surface area contributed by atoms with Crippen LogP contribution in [0.1, 0.15) is 0 Å². The second kappa shape index (κ2) is 3.90. The molecule has 0 saturated carbocycles. The van der Waals surface area contributed by atoms with Crippen molar-refractivity contribution in [1.29, 1.82) is 0 Å². The molecular formula is C10H9ClFN3. The first-order chi connectivity index (χ1) is 7.18. The molecule has 3 nitrogen and oxygen atoms in total. The Morgan fingerprint density at radius 1 is 1.47 bits per heavy atom. The fourth-order valence-electron chi connectivity index (χ4n) is 1.22. The van der Waals surface area contributed by atoms with Gasteiger partial charge in [0.05, 0.1) is 10.7 Å². The quantitative estimate of drug-likeness (QED) is 0.852. The molecule has 0 amide bonds. The number of benzene rings is 1. The summed E-state index contributed by atoms with van der Waals surface area (Å²) in [7, 11) is 1.81. The number of nitrogens with zero attached hydrogens (tertiary/aromatic N) is 2. The van der Waals surface area contributed by atoms with E-state index in [-0.39, 0.29) is 5.69 Å². The summed E-state index contributed by atoms with van der Waals surface area (Å²) in [6, 6.07) is 4.52. The zero-order valence-electron chi connectivity index (χ0n) is 8.04. The van der Waals surface area contributed by atoms with E-state index in [0.29, 0.717) is 11.0 Å². The van der Waals surface area contributed by atoms with Crippen LogP contribution >= 0.6 is 11.6 Å². The highest BCUT2D eigenvalue weighted by Crippen LogP contribution is 2.27. The van der Waals surface area contributed by atoms with Gasteiger partial charge in [-0.3, -0.25) is 0 Å². The van der Waals surface area contributed by atoms with Gasteiger partial charge in [-0.1, -0.05) is 17.7 Å². The Morgan fingerprint density at radius 3 is 2.87 bits per heavy atom. The highest BCUT2D eigenvalue weighted by molar-refractivity contribution is 6.33. The number of rotatable bonds is 2. The van der Waals surface area contributed by atoms with Crippen LogP contribution in [0, 0.1) is 5.82 Å². The minimum Gasteiger partial charge on any atom is -0.322 e. The van der Waals surface area contributed by atoms with Gasteiger partial charge in [0.15, 0.2) is 0 Å². The summed E-state index contributed by atoms with van der Waals surface area (Å²) in [6.07, 6.45) is 3.38. The van der Waals surface area contributed by atoms with Crippen LogP contribution in [-0.4, -0.2) is 9.55 Å². The number of hydrogen-bond acceptors (Lipinski definition) is 2. The molecule has 0 fully saturated rings. The molecule has 0 spiro atoms. The number of aromatic nitrogens is 2. The molecule has 1 aromatic carbocycles. The topological polar surface area (TPSA) is 29.9 Å². The molecular weight excluding hydrogens is 217 g/mol. The zero-order valence-corrected chi connectivity index (χ0v) is 8.79. The van der Waals surface area contributed by atoms with Crippen molar-refractivity contribution in [2.45, 2.75) is 0 Å². The van der Waals surface area contributed by atoms with Crippen LogP contribution < -0.4 is 5.32 Å². The van der Waals surface area contributed by atoms with Gasteiger partial charge in [-0.2, -0.15) is 0 Å². The van der Waals surface area contributed by atoms with Gasteiger partial charge in [-0.05, 0) is 12.1 Å². The molecule has 1 N–H and O–H groups in total. The van der Waals surface area contributed by atoms with Crippen LogP contribution in [0.3, 0.4) is 0 Å². The lowest BCUT2D eigenvalue weighted by atomic mass is 10.3. The lowest BCUT2D eigenvalue weighted by Crippen LogP contribution is -2.00. The summed E-state index contributed by atoms with van der Waals surface area (Å²) in [6.45, 7) is 0. The van der Waals surface area contributed by atoms with Crippen LogP contribution in [-0.2, 0) is 7.05 Å². The fraction of sp³-hybridized carbons (Fsp3) is 0.100. The highest BCUT2D eigenvalue weighted by atomic mass is 35.5. The van der Waals surface area contributed by atoms with Crippen LogP contribution in [0.2, 0.25) is 5.02 Å². The first kappa shape index (κ1) is 9.98. The van der Waals surface area contributed by atoms with Crippen LogP contribution in [0.25, 0.3) is 0 Å². The van der Waals surface area contributed by atoms with Gasteiger partial charge in [-0.25, -0.2) is 9.37 Å². The third-order valence-electron chi connectivity index (χ3n) is 2.02. The molecule has 5 heteroatoms. The zero-order chi connectivity index (χ0) is 10.8. The average Bonchev–Trinajstić information content (AvgIpc) is 2.58. The third-order valence-corrected chi connectivity index (χ3v) is 2.34. The normalized spacial score (nSPS) is 10.3.